The molecule has 4 aliphatic rings. The summed E-state index contributed by atoms with van der Waals surface area (Å²) < 4.78 is 13.5. The Hall–Kier alpha value is -2.71. The van der Waals surface area contributed by atoms with Gasteiger partial charge >= 0.3 is 4.87 Å². The zero-order chi connectivity index (χ0) is 23.3. The van der Waals surface area contributed by atoms with Crippen LogP contribution < -0.4 is 9.77 Å². The number of halogens is 1. The first kappa shape index (κ1) is 20.6. The van der Waals surface area contributed by atoms with E-state index in [0.29, 0.717) is 5.69 Å². The van der Waals surface area contributed by atoms with Crippen LogP contribution in [0.2, 0.25) is 0 Å². The van der Waals surface area contributed by atoms with E-state index in [-0.39, 0.29) is 57.4 Å². The van der Waals surface area contributed by atoms with Gasteiger partial charge < -0.3 is 4.98 Å². The number of anilines is 1. The van der Waals surface area contributed by atoms with Crippen LogP contribution in [0.1, 0.15) is 28.3 Å². The van der Waals surface area contributed by atoms with Gasteiger partial charge in [0, 0.05) is 16.0 Å². The fourth-order valence-electron chi connectivity index (χ4n) is 7.15. The average Bonchev–Trinajstić information content (AvgIpc) is 3.54. The Labute approximate surface area is 203 Å². The van der Waals surface area contributed by atoms with Crippen LogP contribution in [0.5, 0.6) is 0 Å². The van der Waals surface area contributed by atoms with E-state index >= 15 is 0 Å². The number of rotatable bonds is 2. The number of aromatic amines is 1. The summed E-state index contributed by atoms with van der Waals surface area (Å²) in [6, 6.07) is 13.9. The molecule has 34 heavy (non-hydrogen) atoms. The number of carbonyl (C=O) groups is 2. The van der Waals surface area contributed by atoms with Crippen molar-refractivity contribution >= 4 is 40.6 Å². The van der Waals surface area contributed by atoms with Gasteiger partial charge in [-0.05, 0) is 66.5 Å². The summed E-state index contributed by atoms with van der Waals surface area (Å²) in [5.74, 6) is -1.05. The van der Waals surface area contributed by atoms with Crippen LogP contribution in [-0.4, -0.2) is 22.0 Å². The van der Waals surface area contributed by atoms with Gasteiger partial charge in [-0.3, -0.25) is 19.3 Å². The lowest BCUT2D eigenvalue weighted by Crippen LogP contribution is -2.42. The summed E-state index contributed by atoms with van der Waals surface area (Å²) in [6.07, 6.45) is 0.855. The molecule has 7 atom stereocenters. The van der Waals surface area contributed by atoms with Crippen LogP contribution in [0.4, 0.5) is 10.1 Å². The van der Waals surface area contributed by atoms with Crippen molar-refractivity contribution in [3.05, 3.63) is 80.0 Å². The van der Waals surface area contributed by atoms with Crippen molar-refractivity contribution < 1.29 is 14.0 Å². The Morgan fingerprint density at radius 1 is 0.971 bits per heavy atom. The van der Waals surface area contributed by atoms with Crippen molar-refractivity contribution in [2.45, 2.75) is 29.5 Å². The molecule has 172 valence electrons. The smallest absolute Gasteiger partial charge is 0.305 e. The van der Waals surface area contributed by atoms with Gasteiger partial charge in [-0.25, -0.2) is 4.39 Å². The molecule has 3 fully saturated rings. The monoisotopic (exact) mass is 492 g/mol. The highest BCUT2D eigenvalue weighted by Gasteiger charge is 2.69. The van der Waals surface area contributed by atoms with E-state index in [1.807, 2.05) is 12.1 Å². The van der Waals surface area contributed by atoms with Crippen molar-refractivity contribution in [1.82, 2.24) is 4.98 Å². The number of hydrogen-bond donors (Lipinski definition) is 1. The first-order valence-electron chi connectivity index (χ1n) is 11.5. The molecular weight excluding hydrogens is 471 g/mol. The van der Waals surface area contributed by atoms with Crippen molar-refractivity contribution in [2.75, 3.05) is 4.90 Å². The molecule has 3 heterocycles. The Morgan fingerprint density at radius 2 is 1.68 bits per heavy atom. The number of benzene rings is 2. The van der Waals surface area contributed by atoms with Crippen molar-refractivity contribution in [3.8, 4) is 0 Å². The number of aryl methyl sites for hydroxylation is 1. The van der Waals surface area contributed by atoms with Crippen molar-refractivity contribution in [2.24, 2.45) is 29.6 Å². The van der Waals surface area contributed by atoms with Gasteiger partial charge in [0.25, 0.3) is 0 Å². The minimum atomic E-state index is -0.397. The highest BCUT2D eigenvalue weighted by atomic mass is 32.2. The van der Waals surface area contributed by atoms with Crippen LogP contribution in [0, 0.1) is 42.3 Å². The molecule has 0 spiro atoms. The van der Waals surface area contributed by atoms with Crippen molar-refractivity contribution in [1.29, 1.82) is 0 Å². The SMILES string of the molecule is Cc1ccccc1[C@@H]1c2sc(=O)[nH]c2S[C@@H]2[C@H]3C[C@@H]([C@@H]4C(=O)N(c5ccc(F)cc5)C(=O)[C@@H]34)[C@H]12. The number of thiazole rings is 1. The minimum Gasteiger partial charge on any atom is -0.307 e. The Bertz CT molecular complexity index is 1410. The quantitative estimate of drug-likeness (QED) is 0.533. The van der Waals surface area contributed by atoms with E-state index in [2.05, 4.69) is 24.0 Å². The van der Waals surface area contributed by atoms with Gasteiger partial charge in [0.15, 0.2) is 0 Å². The summed E-state index contributed by atoms with van der Waals surface area (Å²) in [5.41, 5.74) is 2.82. The molecule has 0 radical (unpaired) electrons. The lowest BCUT2D eigenvalue weighted by molar-refractivity contribution is -0.123. The molecule has 8 heteroatoms. The highest BCUT2D eigenvalue weighted by Crippen LogP contribution is 2.68. The third-order valence-electron chi connectivity index (χ3n) is 8.33. The zero-order valence-electron chi connectivity index (χ0n) is 18.2. The minimum absolute atomic E-state index is 0.0325. The molecule has 3 aromatic rings. The van der Waals surface area contributed by atoms with E-state index in [1.165, 1.54) is 51.6 Å². The number of thioether (sulfide) groups is 1. The largest absolute Gasteiger partial charge is 0.307 e. The maximum absolute atomic E-state index is 13.7. The molecule has 2 aromatic carbocycles. The normalized spacial score (nSPS) is 33.2. The van der Waals surface area contributed by atoms with Gasteiger partial charge in [-0.1, -0.05) is 35.6 Å². The van der Waals surface area contributed by atoms with E-state index in [1.54, 1.807) is 11.8 Å². The Morgan fingerprint density at radius 3 is 2.41 bits per heavy atom. The van der Waals surface area contributed by atoms with E-state index < -0.39 is 5.82 Å². The van der Waals surface area contributed by atoms with E-state index in [9.17, 15) is 18.8 Å². The van der Waals surface area contributed by atoms with Crippen molar-refractivity contribution in [3.63, 3.8) is 0 Å². The summed E-state index contributed by atoms with van der Waals surface area (Å²) >= 11 is 2.96. The van der Waals surface area contributed by atoms with Crippen LogP contribution in [0.15, 0.2) is 58.4 Å². The first-order chi connectivity index (χ1) is 16.4. The number of aromatic nitrogens is 1. The lowest BCUT2D eigenvalue weighted by Gasteiger charge is -2.43. The van der Waals surface area contributed by atoms with E-state index in [4.69, 9.17) is 0 Å². The number of imide groups is 1. The predicted octanol–water partition coefficient (Wildman–Crippen LogP) is 4.56. The molecule has 1 saturated heterocycles. The third kappa shape index (κ3) is 2.64. The number of nitrogens with one attached hydrogen (secondary N) is 1. The molecule has 7 rings (SSSR count). The molecule has 2 bridgehead atoms. The molecular formula is C26H21FN2O3S2. The number of carbonyl (C=O) groups excluding carboxylic acids is 2. The zero-order valence-corrected chi connectivity index (χ0v) is 19.9. The number of fused-ring (bicyclic) bond motifs is 9. The molecule has 2 saturated carbocycles. The van der Waals surface area contributed by atoms with Crippen LogP contribution >= 0.6 is 23.1 Å². The summed E-state index contributed by atoms with van der Waals surface area (Å²) in [5, 5.41) is 1.08. The molecule has 2 amide bonds. The molecule has 1 N–H and O–H groups in total. The maximum Gasteiger partial charge on any atom is 0.305 e. The Kier molecular flexibility index (Phi) is 4.34. The van der Waals surface area contributed by atoms with Gasteiger partial charge in [0.1, 0.15) is 5.82 Å². The average molecular weight is 493 g/mol. The summed E-state index contributed by atoms with van der Waals surface area (Å²) in [6.45, 7) is 2.09. The Balaban J connectivity index is 1.34. The second-order valence-corrected chi connectivity index (χ2v) is 12.0. The molecule has 1 aromatic heterocycles. The molecule has 5 nitrogen and oxygen atoms in total. The fraction of sp³-hybridized carbons (Fsp3) is 0.346. The third-order valence-corrected chi connectivity index (χ3v) is 10.9. The summed E-state index contributed by atoms with van der Waals surface area (Å²) in [4.78, 5) is 44.9. The predicted molar refractivity (Wildman–Crippen MR) is 129 cm³/mol. The fourth-order valence-corrected chi connectivity index (χ4v) is 10.0. The summed E-state index contributed by atoms with van der Waals surface area (Å²) in [7, 11) is 0. The second kappa shape index (κ2) is 7.15. The molecule has 2 aliphatic carbocycles. The lowest BCUT2D eigenvalue weighted by atomic mass is 9.67. The van der Waals surface area contributed by atoms with E-state index in [0.717, 1.165) is 16.3 Å². The van der Waals surface area contributed by atoms with Gasteiger partial charge in [-0.15, -0.1) is 11.8 Å². The van der Waals surface area contributed by atoms with Crippen LogP contribution in [0.25, 0.3) is 0 Å². The molecule has 0 unspecified atom stereocenters. The number of hydrogen-bond acceptors (Lipinski definition) is 5. The number of H-pyrrole nitrogens is 1. The highest BCUT2D eigenvalue weighted by molar-refractivity contribution is 8.00. The first-order valence-corrected chi connectivity index (χ1v) is 13.2. The number of amides is 2. The maximum atomic E-state index is 13.7. The second-order valence-electron chi connectivity index (χ2n) is 9.81. The van der Waals surface area contributed by atoms with Gasteiger partial charge in [0.05, 0.1) is 22.5 Å². The van der Waals surface area contributed by atoms with Crippen LogP contribution in [0.3, 0.4) is 0 Å². The standard InChI is InChI=1S/C26H21FN2O3S2/c1-11-4-2-3-5-14(11)17-18-15-10-16(21(18)33-23-22(17)34-26(32)28-23)20-19(15)24(30)29(25(20)31)13-8-6-12(27)7-9-13/h2-9,15-21H,10H2,1H3,(H,28,32)/t15-,16+,17+,18-,19+,20+,21-/m1/s1. The van der Waals surface area contributed by atoms with Gasteiger partial charge in [-0.2, -0.15) is 0 Å². The van der Waals surface area contributed by atoms with Crippen LogP contribution in [-0.2, 0) is 9.59 Å². The molecule has 2 aliphatic heterocycles. The number of nitrogens with zero attached hydrogens (tertiary/aromatic N) is 1. The van der Waals surface area contributed by atoms with Gasteiger partial charge in [0.2, 0.25) is 11.8 Å². The topological polar surface area (TPSA) is 70.2 Å².